The SMILES string of the molecule is Cc1cc(C)cc(OC(=O)c2cccc(N3C(=O)[C@@H]4[C@H]5C=C[C@@H]([C@@H]6C[C@@H]56)[C@@H]4C3=O)c2)c1. The molecule has 4 aliphatic carbocycles. The van der Waals surface area contributed by atoms with Crippen molar-refractivity contribution < 1.29 is 19.1 Å². The first-order valence-electron chi connectivity index (χ1n) is 10.9. The van der Waals surface area contributed by atoms with Crippen molar-refractivity contribution in [2.75, 3.05) is 4.90 Å². The summed E-state index contributed by atoms with van der Waals surface area (Å²) < 4.78 is 5.55. The molecule has 2 amide bonds. The molecule has 5 aliphatic rings. The number of hydrogen-bond acceptors (Lipinski definition) is 4. The molecular formula is C26H23NO4. The number of carbonyl (C=O) groups excluding carboxylic acids is 3. The van der Waals surface area contributed by atoms with Crippen LogP contribution in [0.1, 0.15) is 27.9 Å². The van der Waals surface area contributed by atoms with Crippen LogP contribution in [0.4, 0.5) is 5.69 Å². The molecular weight excluding hydrogens is 390 g/mol. The van der Waals surface area contributed by atoms with Crippen LogP contribution in [0.5, 0.6) is 5.75 Å². The lowest BCUT2D eigenvalue weighted by atomic mass is 9.63. The van der Waals surface area contributed by atoms with E-state index in [9.17, 15) is 14.4 Å². The summed E-state index contributed by atoms with van der Waals surface area (Å²) in [5, 5.41) is 0. The molecule has 7 rings (SSSR count). The molecule has 2 saturated carbocycles. The summed E-state index contributed by atoms with van der Waals surface area (Å²) in [6, 6.07) is 12.3. The van der Waals surface area contributed by atoms with Crippen LogP contribution in [0.15, 0.2) is 54.6 Å². The van der Waals surface area contributed by atoms with Gasteiger partial charge in [0.05, 0.1) is 23.1 Å². The van der Waals surface area contributed by atoms with Gasteiger partial charge in [0.15, 0.2) is 0 Å². The topological polar surface area (TPSA) is 63.7 Å². The lowest BCUT2D eigenvalue weighted by Crippen LogP contribution is -2.40. The fraction of sp³-hybridized carbons (Fsp3) is 0.346. The van der Waals surface area contributed by atoms with Crippen LogP contribution in [-0.2, 0) is 9.59 Å². The molecule has 31 heavy (non-hydrogen) atoms. The largest absolute Gasteiger partial charge is 0.423 e. The third-order valence-electron chi connectivity index (χ3n) is 7.41. The van der Waals surface area contributed by atoms with Crippen LogP contribution in [0.25, 0.3) is 0 Å². The van der Waals surface area contributed by atoms with Crippen LogP contribution in [-0.4, -0.2) is 17.8 Å². The number of anilines is 1. The molecule has 0 spiro atoms. The number of ether oxygens (including phenoxy) is 1. The quantitative estimate of drug-likeness (QED) is 0.329. The van der Waals surface area contributed by atoms with Crippen molar-refractivity contribution in [2.45, 2.75) is 20.3 Å². The summed E-state index contributed by atoms with van der Waals surface area (Å²) in [4.78, 5) is 40.7. The van der Waals surface area contributed by atoms with Gasteiger partial charge in [0.2, 0.25) is 11.8 Å². The number of aryl methyl sites for hydroxylation is 2. The number of allylic oxidation sites excluding steroid dienone is 2. The van der Waals surface area contributed by atoms with Crippen molar-refractivity contribution >= 4 is 23.5 Å². The minimum absolute atomic E-state index is 0.125. The first-order chi connectivity index (χ1) is 14.9. The molecule has 1 aliphatic heterocycles. The van der Waals surface area contributed by atoms with Crippen LogP contribution in [0, 0.1) is 49.4 Å². The maximum Gasteiger partial charge on any atom is 0.343 e. The van der Waals surface area contributed by atoms with Gasteiger partial charge in [-0.1, -0.05) is 24.3 Å². The summed E-state index contributed by atoms with van der Waals surface area (Å²) in [6.45, 7) is 3.89. The van der Waals surface area contributed by atoms with Crippen molar-refractivity contribution in [3.8, 4) is 5.75 Å². The van der Waals surface area contributed by atoms with E-state index in [-0.39, 0.29) is 35.5 Å². The van der Waals surface area contributed by atoms with Crippen molar-refractivity contribution in [1.29, 1.82) is 0 Å². The van der Waals surface area contributed by atoms with Gasteiger partial charge in [0.1, 0.15) is 5.75 Å². The zero-order valence-electron chi connectivity index (χ0n) is 17.4. The van der Waals surface area contributed by atoms with Crippen LogP contribution >= 0.6 is 0 Å². The van der Waals surface area contributed by atoms with Gasteiger partial charge in [0.25, 0.3) is 0 Å². The van der Waals surface area contributed by atoms with Gasteiger partial charge in [-0.2, -0.15) is 0 Å². The Morgan fingerprint density at radius 1 is 0.903 bits per heavy atom. The van der Waals surface area contributed by atoms with E-state index in [1.54, 1.807) is 36.4 Å². The average molecular weight is 413 g/mol. The maximum atomic E-state index is 13.3. The molecule has 6 atom stereocenters. The molecule has 156 valence electrons. The normalized spacial score (nSPS) is 32.1. The third kappa shape index (κ3) is 2.72. The van der Waals surface area contributed by atoms with Gasteiger partial charge < -0.3 is 4.74 Å². The lowest BCUT2D eigenvalue weighted by Gasteiger charge is -2.37. The second kappa shape index (κ2) is 6.39. The van der Waals surface area contributed by atoms with Gasteiger partial charge >= 0.3 is 5.97 Å². The van der Waals surface area contributed by atoms with E-state index in [0.29, 0.717) is 28.8 Å². The van der Waals surface area contributed by atoms with E-state index >= 15 is 0 Å². The third-order valence-corrected chi connectivity index (χ3v) is 7.41. The van der Waals surface area contributed by atoms with E-state index in [0.717, 1.165) is 17.5 Å². The van der Waals surface area contributed by atoms with Gasteiger partial charge in [0, 0.05) is 0 Å². The molecule has 5 nitrogen and oxygen atoms in total. The number of amides is 2. The highest BCUT2D eigenvalue weighted by atomic mass is 16.5. The Morgan fingerprint density at radius 2 is 1.52 bits per heavy atom. The van der Waals surface area contributed by atoms with Gasteiger partial charge in [-0.05, 0) is 85.4 Å². The Morgan fingerprint density at radius 3 is 2.13 bits per heavy atom. The van der Waals surface area contributed by atoms with Crippen molar-refractivity contribution in [3.05, 3.63) is 71.3 Å². The zero-order chi connectivity index (χ0) is 21.4. The predicted molar refractivity (Wildman–Crippen MR) is 115 cm³/mol. The second-order valence-electron chi connectivity index (χ2n) is 9.43. The number of carbonyl (C=O) groups is 3. The molecule has 2 aromatic rings. The number of esters is 1. The Labute approximate surface area is 180 Å². The van der Waals surface area contributed by atoms with Crippen molar-refractivity contribution in [3.63, 3.8) is 0 Å². The number of hydrogen-bond donors (Lipinski definition) is 0. The first kappa shape index (κ1) is 18.6. The maximum absolute atomic E-state index is 13.3. The van der Waals surface area contributed by atoms with Gasteiger partial charge in [-0.15, -0.1) is 0 Å². The van der Waals surface area contributed by atoms with E-state index in [1.807, 2.05) is 19.9 Å². The molecule has 1 heterocycles. The number of rotatable bonds is 3. The summed E-state index contributed by atoms with van der Waals surface area (Å²) in [7, 11) is 0. The molecule has 2 bridgehead atoms. The predicted octanol–water partition coefficient (Wildman–Crippen LogP) is 4.08. The van der Waals surface area contributed by atoms with Crippen LogP contribution in [0.3, 0.4) is 0 Å². The van der Waals surface area contributed by atoms with Crippen LogP contribution in [0.2, 0.25) is 0 Å². The van der Waals surface area contributed by atoms with Crippen molar-refractivity contribution in [1.82, 2.24) is 0 Å². The lowest BCUT2D eigenvalue weighted by molar-refractivity contribution is -0.124. The van der Waals surface area contributed by atoms with E-state index in [4.69, 9.17) is 4.74 Å². The summed E-state index contributed by atoms with van der Waals surface area (Å²) >= 11 is 0. The fourth-order valence-electron chi connectivity index (χ4n) is 6.14. The molecule has 5 heteroatoms. The number of nitrogens with zero attached hydrogens (tertiary/aromatic N) is 1. The molecule has 0 N–H and O–H groups in total. The molecule has 0 unspecified atom stereocenters. The summed E-state index contributed by atoms with van der Waals surface area (Å²) in [6.07, 6.45) is 5.45. The smallest absolute Gasteiger partial charge is 0.343 e. The molecule has 1 saturated heterocycles. The molecule has 0 radical (unpaired) electrons. The highest BCUT2D eigenvalue weighted by molar-refractivity contribution is 6.23. The van der Waals surface area contributed by atoms with Gasteiger partial charge in [-0.3, -0.25) is 9.59 Å². The second-order valence-corrected chi connectivity index (χ2v) is 9.43. The van der Waals surface area contributed by atoms with Gasteiger partial charge in [-0.25, -0.2) is 9.69 Å². The van der Waals surface area contributed by atoms with E-state index in [2.05, 4.69) is 12.2 Å². The minimum Gasteiger partial charge on any atom is -0.423 e. The number of imide groups is 1. The Kier molecular flexibility index (Phi) is 3.83. The standard InChI is InChI=1S/C26H23NO4/c1-13-8-14(2)10-17(9-13)31-26(30)15-4-3-5-16(11-15)27-24(28)22-18-6-7-19(21-12-20(18)21)23(22)25(27)29/h3-11,18-23H,12H2,1-2H3/t18-,19-,20-,21-,22-,23+/m0/s1. The first-order valence-corrected chi connectivity index (χ1v) is 10.9. The van der Waals surface area contributed by atoms with E-state index in [1.165, 1.54) is 4.90 Å². The minimum atomic E-state index is -0.508. The molecule has 0 aromatic heterocycles. The van der Waals surface area contributed by atoms with Crippen LogP contribution < -0.4 is 9.64 Å². The summed E-state index contributed by atoms with van der Waals surface area (Å²) in [5.41, 5.74) is 2.78. The molecule has 2 aromatic carbocycles. The number of benzene rings is 2. The monoisotopic (exact) mass is 413 g/mol. The zero-order valence-corrected chi connectivity index (χ0v) is 17.4. The van der Waals surface area contributed by atoms with E-state index < -0.39 is 5.97 Å². The highest BCUT2D eigenvalue weighted by Gasteiger charge is 2.67. The Hall–Kier alpha value is -3.21. The van der Waals surface area contributed by atoms with Crippen molar-refractivity contribution in [2.24, 2.45) is 35.5 Å². The highest BCUT2D eigenvalue weighted by Crippen LogP contribution is 2.65. The Bertz CT molecular complexity index is 1130. The Balaban J connectivity index is 1.28. The summed E-state index contributed by atoms with van der Waals surface area (Å²) in [5.74, 6) is 0.700. The fourth-order valence-corrected chi connectivity index (χ4v) is 6.14. The average Bonchev–Trinajstić information content (AvgIpc) is 3.51. The molecule has 3 fully saturated rings.